The summed E-state index contributed by atoms with van der Waals surface area (Å²) in [6.45, 7) is 2.69. The molecule has 0 saturated carbocycles. The van der Waals surface area contributed by atoms with Gasteiger partial charge in [-0.25, -0.2) is 9.97 Å². The molecule has 0 aliphatic carbocycles. The molecule has 1 atom stereocenters. The zero-order valence-corrected chi connectivity index (χ0v) is 18.4. The van der Waals surface area contributed by atoms with Crippen LogP contribution in [0.2, 0.25) is 0 Å². The zero-order chi connectivity index (χ0) is 22.1. The third-order valence-electron chi connectivity index (χ3n) is 5.24. The van der Waals surface area contributed by atoms with Gasteiger partial charge in [-0.15, -0.1) is 0 Å². The predicted octanol–water partition coefficient (Wildman–Crippen LogP) is 3.63. The number of carbonyl (C=O) groups excluding carboxylic acids is 1. The maximum absolute atomic E-state index is 13.2. The van der Waals surface area contributed by atoms with Crippen molar-refractivity contribution < 1.29 is 14.3 Å². The summed E-state index contributed by atoms with van der Waals surface area (Å²) in [6.07, 6.45) is 0. The number of hydrogen-bond acceptors (Lipinski definition) is 6. The minimum absolute atomic E-state index is 0.0408. The second-order valence-corrected chi connectivity index (χ2v) is 7.86. The Hall–Kier alpha value is -3.45. The summed E-state index contributed by atoms with van der Waals surface area (Å²) in [7, 11) is 7.14. The smallest absolute Gasteiger partial charge is 0.257 e. The summed E-state index contributed by atoms with van der Waals surface area (Å²) >= 11 is 0. The standard InChI is InChI=1S/C24H26N4O3/c1-14(13-28(2)3)25-24(29)21-20(31-5)12-11-18-23(21)27-22-16-7-6-8-19(30-4)15(16)9-10-17(22)26-18/h6-12,14H,13H2,1-5H3,(H,25,29)/t14-/m1/s1. The number of ether oxygens (including phenoxy) is 2. The van der Waals surface area contributed by atoms with Crippen molar-refractivity contribution in [3.05, 3.63) is 48.0 Å². The van der Waals surface area contributed by atoms with Crippen LogP contribution in [-0.2, 0) is 0 Å². The molecule has 3 aromatic carbocycles. The molecule has 0 bridgehead atoms. The number of methoxy groups -OCH3 is 2. The Labute approximate surface area is 181 Å². The molecule has 4 aromatic rings. The van der Waals surface area contributed by atoms with Crippen LogP contribution in [0.15, 0.2) is 42.5 Å². The summed E-state index contributed by atoms with van der Waals surface area (Å²) in [5, 5.41) is 4.91. The monoisotopic (exact) mass is 418 g/mol. The van der Waals surface area contributed by atoms with Gasteiger partial charge in [0.05, 0.1) is 30.8 Å². The van der Waals surface area contributed by atoms with Crippen molar-refractivity contribution in [2.75, 3.05) is 34.9 Å². The molecule has 7 heteroatoms. The van der Waals surface area contributed by atoms with E-state index in [2.05, 4.69) is 5.32 Å². The van der Waals surface area contributed by atoms with E-state index >= 15 is 0 Å². The van der Waals surface area contributed by atoms with Crippen LogP contribution in [0, 0.1) is 0 Å². The van der Waals surface area contributed by atoms with Gasteiger partial charge in [-0.1, -0.05) is 12.1 Å². The van der Waals surface area contributed by atoms with E-state index in [0.29, 0.717) is 27.9 Å². The second kappa shape index (κ2) is 8.35. The lowest BCUT2D eigenvalue weighted by atomic mass is 10.1. The number of nitrogens with one attached hydrogen (secondary N) is 1. The van der Waals surface area contributed by atoms with Crippen LogP contribution in [0.5, 0.6) is 11.5 Å². The zero-order valence-electron chi connectivity index (χ0n) is 18.4. The molecule has 0 aliphatic heterocycles. The number of aromatic nitrogens is 2. The van der Waals surface area contributed by atoms with E-state index in [1.807, 2.05) is 62.3 Å². The van der Waals surface area contributed by atoms with Gasteiger partial charge in [-0.3, -0.25) is 4.79 Å². The molecule has 1 heterocycles. The van der Waals surface area contributed by atoms with Crippen LogP contribution < -0.4 is 14.8 Å². The van der Waals surface area contributed by atoms with Crippen LogP contribution in [0.25, 0.3) is 32.8 Å². The quantitative estimate of drug-likeness (QED) is 0.381. The number of hydrogen-bond donors (Lipinski definition) is 1. The van der Waals surface area contributed by atoms with Crippen molar-refractivity contribution in [3.8, 4) is 11.5 Å². The summed E-state index contributed by atoms with van der Waals surface area (Å²) in [5.74, 6) is 0.999. The van der Waals surface area contributed by atoms with Crippen LogP contribution in [0.4, 0.5) is 0 Å². The Kier molecular flexibility index (Phi) is 5.61. The normalized spacial score (nSPS) is 12.5. The molecule has 160 valence electrons. The van der Waals surface area contributed by atoms with Crippen molar-refractivity contribution in [2.45, 2.75) is 13.0 Å². The van der Waals surface area contributed by atoms with Gasteiger partial charge in [-0.2, -0.15) is 0 Å². The van der Waals surface area contributed by atoms with Crippen LogP contribution in [-0.4, -0.2) is 61.7 Å². The van der Waals surface area contributed by atoms with Gasteiger partial charge in [0.15, 0.2) is 0 Å². The molecule has 0 saturated heterocycles. The summed E-state index contributed by atoms with van der Waals surface area (Å²) in [4.78, 5) is 25.0. The van der Waals surface area contributed by atoms with Crippen LogP contribution in [0.3, 0.4) is 0 Å². The van der Waals surface area contributed by atoms with E-state index in [0.717, 1.165) is 28.6 Å². The second-order valence-electron chi connectivity index (χ2n) is 7.86. The molecular formula is C24H26N4O3. The topological polar surface area (TPSA) is 76.6 Å². The number of amides is 1. The number of benzene rings is 3. The SMILES string of the molecule is COc1ccc2nc3ccc4c(OC)cccc4c3nc2c1C(=O)N[C@H](C)CN(C)C. The fourth-order valence-corrected chi connectivity index (χ4v) is 3.97. The van der Waals surface area contributed by atoms with Crippen molar-refractivity contribution in [1.82, 2.24) is 20.2 Å². The minimum atomic E-state index is -0.233. The molecule has 4 rings (SSSR count). The first-order chi connectivity index (χ1) is 14.9. The van der Waals surface area contributed by atoms with E-state index in [1.54, 1.807) is 20.3 Å². The molecule has 0 unspecified atom stereocenters. The average molecular weight is 418 g/mol. The highest BCUT2D eigenvalue weighted by Crippen LogP contribution is 2.33. The van der Waals surface area contributed by atoms with Gasteiger partial charge >= 0.3 is 0 Å². The number of rotatable bonds is 6. The lowest BCUT2D eigenvalue weighted by molar-refractivity contribution is 0.0933. The number of likely N-dealkylation sites (N-methyl/N-ethyl adjacent to an activating group) is 1. The lowest BCUT2D eigenvalue weighted by Gasteiger charge is -2.19. The first kappa shape index (κ1) is 20.8. The minimum Gasteiger partial charge on any atom is -0.496 e. The predicted molar refractivity (Wildman–Crippen MR) is 123 cm³/mol. The lowest BCUT2D eigenvalue weighted by Crippen LogP contribution is -2.39. The molecule has 0 aliphatic rings. The van der Waals surface area contributed by atoms with E-state index in [4.69, 9.17) is 19.4 Å². The van der Waals surface area contributed by atoms with Crippen LogP contribution >= 0.6 is 0 Å². The molecule has 1 amide bonds. The first-order valence-electron chi connectivity index (χ1n) is 10.1. The summed E-state index contributed by atoms with van der Waals surface area (Å²) in [6, 6.07) is 13.3. The Morgan fingerprint density at radius 3 is 2.35 bits per heavy atom. The molecule has 1 aromatic heterocycles. The van der Waals surface area contributed by atoms with E-state index in [9.17, 15) is 4.79 Å². The molecule has 0 fully saturated rings. The molecule has 1 N–H and O–H groups in total. The van der Waals surface area contributed by atoms with Crippen molar-refractivity contribution in [1.29, 1.82) is 0 Å². The first-order valence-corrected chi connectivity index (χ1v) is 10.1. The van der Waals surface area contributed by atoms with Gasteiger partial charge in [0.25, 0.3) is 5.91 Å². The van der Waals surface area contributed by atoms with Gasteiger partial charge in [0, 0.05) is 23.4 Å². The van der Waals surface area contributed by atoms with Gasteiger partial charge in [0.1, 0.15) is 22.6 Å². The molecule has 31 heavy (non-hydrogen) atoms. The fourth-order valence-electron chi connectivity index (χ4n) is 3.97. The molecule has 7 nitrogen and oxygen atoms in total. The number of nitrogens with zero attached hydrogens (tertiary/aromatic N) is 3. The Morgan fingerprint density at radius 1 is 0.935 bits per heavy atom. The largest absolute Gasteiger partial charge is 0.496 e. The Bertz CT molecular complexity index is 1290. The van der Waals surface area contributed by atoms with E-state index in [1.165, 1.54) is 0 Å². The fraction of sp³-hybridized carbons (Fsp3) is 0.292. The Morgan fingerprint density at radius 2 is 1.65 bits per heavy atom. The highest BCUT2D eigenvalue weighted by molar-refractivity contribution is 6.12. The maximum Gasteiger partial charge on any atom is 0.257 e. The highest BCUT2D eigenvalue weighted by atomic mass is 16.5. The average Bonchev–Trinajstić information content (AvgIpc) is 2.75. The van der Waals surface area contributed by atoms with Gasteiger partial charge in [0.2, 0.25) is 0 Å². The summed E-state index contributed by atoms with van der Waals surface area (Å²) in [5.41, 5.74) is 3.01. The Balaban J connectivity index is 1.94. The third-order valence-corrected chi connectivity index (χ3v) is 5.24. The van der Waals surface area contributed by atoms with Crippen LogP contribution in [0.1, 0.15) is 17.3 Å². The third kappa shape index (κ3) is 3.84. The number of fused-ring (bicyclic) bond motifs is 4. The summed E-state index contributed by atoms with van der Waals surface area (Å²) < 4.78 is 11.0. The van der Waals surface area contributed by atoms with Crippen molar-refractivity contribution >= 4 is 38.7 Å². The van der Waals surface area contributed by atoms with E-state index in [-0.39, 0.29) is 11.9 Å². The van der Waals surface area contributed by atoms with Gasteiger partial charge in [-0.05, 0) is 51.4 Å². The molecule has 0 spiro atoms. The van der Waals surface area contributed by atoms with Crippen molar-refractivity contribution in [2.24, 2.45) is 0 Å². The molecular weight excluding hydrogens is 392 g/mol. The maximum atomic E-state index is 13.2. The highest BCUT2D eigenvalue weighted by Gasteiger charge is 2.21. The van der Waals surface area contributed by atoms with Crippen molar-refractivity contribution in [3.63, 3.8) is 0 Å². The number of carbonyl (C=O) groups is 1. The van der Waals surface area contributed by atoms with Gasteiger partial charge < -0.3 is 19.7 Å². The van der Waals surface area contributed by atoms with E-state index < -0.39 is 0 Å². The molecule has 0 radical (unpaired) electrons.